The van der Waals surface area contributed by atoms with Crippen molar-refractivity contribution >= 4 is 5.91 Å². The lowest BCUT2D eigenvalue weighted by molar-refractivity contribution is -0.337. The number of amides is 1. The third-order valence-electron chi connectivity index (χ3n) is 6.23. The Labute approximate surface area is 181 Å². The molecule has 3 heterocycles. The van der Waals surface area contributed by atoms with Crippen LogP contribution in [0.3, 0.4) is 0 Å². The largest absolute Gasteiger partial charge is 0.394 e. The van der Waals surface area contributed by atoms with Crippen molar-refractivity contribution < 1.29 is 49.6 Å². The van der Waals surface area contributed by atoms with Crippen molar-refractivity contribution in [3.8, 4) is 0 Å². The van der Waals surface area contributed by atoms with E-state index in [0.717, 1.165) is 6.42 Å². The molecule has 180 valence electrons. The van der Waals surface area contributed by atoms with Crippen LogP contribution in [-0.4, -0.2) is 116 Å². The third kappa shape index (κ3) is 5.37. The number of carbonyl (C=O) groups excluding carboxylic acids is 1. The molecule has 3 saturated heterocycles. The molecular weight excluding hydrogens is 414 g/mol. The maximum atomic E-state index is 12.5. The highest BCUT2D eigenvalue weighted by atomic mass is 16.7. The maximum Gasteiger partial charge on any atom is 0.224 e. The van der Waals surface area contributed by atoms with Gasteiger partial charge in [0.05, 0.1) is 19.3 Å². The van der Waals surface area contributed by atoms with Crippen LogP contribution < -0.4 is 0 Å². The molecule has 0 aromatic rings. The van der Waals surface area contributed by atoms with Crippen LogP contribution in [0.5, 0.6) is 0 Å². The van der Waals surface area contributed by atoms with E-state index in [0.29, 0.717) is 18.9 Å². The molecule has 9 unspecified atom stereocenters. The van der Waals surface area contributed by atoms with Crippen LogP contribution in [0, 0.1) is 11.8 Å². The summed E-state index contributed by atoms with van der Waals surface area (Å²) in [7, 11) is 0. The molecule has 3 rings (SSSR count). The molecule has 0 aromatic carbocycles. The second-order valence-electron chi connectivity index (χ2n) is 9.16. The number of nitrogens with zero attached hydrogens (tertiary/aromatic N) is 1. The molecule has 0 aliphatic carbocycles. The summed E-state index contributed by atoms with van der Waals surface area (Å²) >= 11 is 0. The minimum absolute atomic E-state index is 0.0404. The fourth-order valence-corrected chi connectivity index (χ4v) is 4.70. The molecular formula is C20H35NO10. The SMILES string of the molecule is CC(C)C[C@@H]1CC(=O)N(C2CC(O)C(OC3OC(CO)C(O)C(O)C3O)C(CO)O2)C1. The highest BCUT2D eigenvalue weighted by Gasteiger charge is 2.49. The molecule has 3 aliphatic rings. The van der Waals surface area contributed by atoms with Gasteiger partial charge in [-0.1, -0.05) is 13.8 Å². The maximum absolute atomic E-state index is 12.5. The van der Waals surface area contributed by atoms with Crippen molar-refractivity contribution in [2.45, 2.75) is 88.4 Å². The first-order valence-electron chi connectivity index (χ1n) is 10.9. The Balaban J connectivity index is 1.65. The second-order valence-corrected chi connectivity index (χ2v) is 9.16. The van der Waals surface area contributed by atoms with E-state index >= 15 is 0 Å². The normalized spacial score (nSPS) is 44.3. The zero-order valence-corrected chi connectivity index (χ0v) is 17.9. The number of aliphatic hydroxyl groups is 6. The van der Waals surface area contributed by atoms with Gasteiger partial charge in [-0.05, 0) is 18.3 Å². The van der Waals surface area contributed by atoms with E-state index in [9.17, 15) is 35.4 Å². The van der Waals surface area contributed by atoms with Gasteiger partial charge in [-0.3, -0.25) is 4.79 Å². The Morgan fingerprint density at radius 1 is 1.03 bits per heavy atom. The van der Waals surface area contributed by atoms with Crippen LogP contribution in [0.25, 0.3) is 0 Å². The van der Waals surface area contributed by atoms with Gasteiger partial charge in [0.1, 0.15) is 42.9 Å². The molecule has 3 aliphatic heterocycles. The lowest BCUT2D eigenvalue weighted by Gasteiger charge is -2.45. The lowest BCUT2D eigenvalue weighted by Crippen LogP contribution is -2.62. The first-order chi connectivity index (χ1) is 14.7. The fourth-order valence-electron chi connectivity index (χ4n) is 4.70. The second kappa shape index (κ2) is 10.4. The Morgan fingerprint density at radius 3 is 2.32 bits per heavy atom. The molecule has 0 spiro atoms. The summed E-state index contributed by atoms with van der Waals surface area (Å²) in [6.45, 7) is 3.57. The number of ether oxygens (including phenoxy) is 3. The summed E-state index contributed by atoms with van der Waals surface area (Å²) in [4.78, 5) is 14.1. The van der Waals surface area contributed by atoms with E-state index in [1.165, 1.54) is 0 Å². The Bertz CT molecular complexity index is 605. The molecule has 11 heteroatoms. The quantitative estimate of drug-likeness (QED) is 0.245. The van der Waals surface area contributed by atoms with Gasteiger partial charge in [-0.2, -0.15) is 0 Å². The van der Waals surface area contributed by atoms with E-state index in [-0.39, 0.29) is 18.2 Å². The van der Waals surface area contributed by atoms with Crippen LogP contribution in [-0.2, 0) is 19.0 Å². The molecule has 0 bridgehead atoms. The minimum atomic E-state index is -1.64. The van der Waals surface area contributed by atoms with E-state index in [1.807, 2.05) is 0 Å². The van der Waals surface area contributed by atoms with Crippen LogP contribution in [0.1, 0.15) is 33.1 Å². The van der Waals surface area contributed by atoms with Gasteiger partial charge in [0, 0.05) is 19.4 Å². The van der Waals surface area contributed by atoms with E-state index in [2.05, 4.69) is 13.8 Å². The first kappa shape index (κ1) is 24.7. The van der Waals surface area contributed by atoms with Gasteiger partial charge >= 0.3 is 0 Å². The minimum Gasteiger partial charge on any atom is -0.394 e. The average molecular weight is 449 g/mol. The molecule has 6 N–H and O–H groups in total. The van der Waals surface area contributed by atoms with Gasteiger partial charge in [-0.25, -0.2) is 0 Å². The Hall–Kier alpha value is -0.890. The van der Waals surface area contributed by atoms with Gasteiger partial charge in [0.2, 0.25) is 5.91 Å². The predicted molar refractivity (Wildman–Crippen MR) is 104 cm³/mol. The number of hydrogen-bond acceptors (Lipinski definition) is 10. The number of rotatable bonds is 7. The fraction of sp³-hybridized carbons (Fsp3) is 0.950. The molecule has 10 atom stereocenters. The Kier molecular flexibility index (Phi) is 8.27. The average Bonchev–Trinajstić information content (AvgIpc) is 3.08. The van der Waals surface area contributed by atoms with Gasteiger partial charge in [0.25, 0.3) is 0 Å². The van der Waals surface area contributed by atoms with Crippen molar-refractivity contribution in [3.63, 3.8) is 0 Å². The zero-order chi connectivity index (χ0) is 22.9. The van der Waals surface area contributed by atoms with Crippen molar-refractivity contribution in [3.05, 3.63) is 0 Å². The summed E-state index contributed by atoms with van der Waals surface area (Å²) in [6, 6.07) is 0. The lowest BCUT2D eigenvalue weighted by atomic mass is 9.96. The van der Waals surface area contributed by atoms with Crippen molar-refractivity contribution in [2.24, 2.45) is 11.8 Å². The third-order valence-corrected chi connectivity index (χ3v) is 6.23. The highest BCUT2D eigenvalue weighted by Crippen LogP contribution is 2.33. The summed E-state index contributed by atoms with van der Waals surface area (Å²) in [5, 5.41) is 59.8. The van der Waals surface area contributed by atoms with Crippen molar-refractivity contribution in [1.82, 2.24) is 4.90 Å². The standard InChI is InChI=1S/C20H35NO10/c1-9(2)3-10-4-14(25)21(6-10)15-5-11(24)19(13(8-23)29-15)31-20-18(28)17(27)16(26)12(7-22)30-20/h9-13,15-20,22-24,26-28H,3-8H2,1-2H3/t10-,11?,12?,13?,15?,16?,17?,18?,19?,20?/m1/s1. The van der Waals surface area contributed by atoms with E-state index < -0.39 is 68.5 Å². The molecule has 0 radical (unpaired) electrons. The van der Waals surface area contributed by atoms with Crippen molar-refractivity contribution in [1.29, 1.82) is 0 Å². The summed E-state index contributed by atoms with van der Waals surface area (Å²) < 4.78 is 16.8. The topological polar surface area (TPSA) is 169 Å². The summed E-state index contributed by atoms with van der Waals surface area (Å²) in [6.07, 6.45) is -10.1. The van der Waals surface area contributed by atoms with Crippen molar-refractivity contribution in [2.75, 3.05) is 19.8 Å². The smallest absolute Gasteiger partial charge is 0.224 e. The summed E-state index contributed by atoms with van der Waals surface area (Å²) in [5.74, 6) is 0.605. The number of carbonyl (C=O) groups is 1. The highest BCUT2D eigenvalue weighted by molar-refractivity contribution is 5.78. The van der Waals surface area contributed by atoms with Crippen LogP contribution in [0.15, 0.2) is 0 Å². The monoisotopic (exact) mass is 449 g/mol. The number of hydrogen-bond donors (Lipinski definition) is 6. The van der Waals surface area contributed by atoms with E-state index in [4.69, 9.17) is 14.2 Å². The predicted octanol–water partition coefficient (Wildman–Crippen LogP) is -2.47. The molecule has 11 nitrogen and oxygen atoms in total. The molecule has 0 aromatic heterocycles. The van der Waals surface area contributed by atoms with Crippen LogP contribution >= 0.6 is 0 Å². The molecule has 3 fully saturated rings. The first-order valence-corrected chi connectivity index (χ1v) is 10.9. The molecule has 0 saturated carbocycles. The van der Waals surface area contributed by atoms with E-state index in [1.54, 1.807) is 4.90 Å². The number of aliphatic hydroxyl groups excluding tert-OH is 6. The Morgan fingerprint density at radius 2 is 1.71 bits per heavy atom. The number of likely N-dealkylation sites (tertiary alicyclic amines) is 1. The van der Waals surface area contributed by atoms with Crippen LogP contribution in [0.4, 0.5) is 0 Å². The zero-order valence-electron chi connectivity index (χ0n) is 17.9. The molecule has 1 amide bonds. The van der Waals surface area contributed by atoms with Gasteiger partial charge in [0.15, 0.2) is 6.29 Å². The molecule has 31 heavy (non-hydrogen) atoms. The van der Waals surface area contributed by atoms with Gasteiger partial charge < -0.3 is 49.7 Å². The summed E-state index contributed by atoms with van der Waals surface area (Å²) in [5.41, 5.74) is 0. The van der Waals surface area contributed by atoms with Gasteiger partial charge in [-0.15, -0.1) is 0 Å². The van der Waals surface area contributed by atoms with Crippen LogP contribution in [0.2, 0.25) is 0 Å².